The number of anilines is 1. The number of benzene rings is 1. The lowest BCUT2D eigenvalue weighted by atomic mass is 9.87. The van der Waals surface area contributed by atoms with Crippen LogP contribution >= 0.6 is 0 Å². The van der Waals surface area contributed by atoms with Gasteiger partial charge in [0.25, 0.3) is 0 Å². The molecule has 1 amide bonds. The van der Waals surface area contributed by atoms with Gasteiger partial charge in [-0.05, 0) is 50.3 Å². The van der Waals surface area contributed by atoms with Crippen molar-refractivity contribution in [2.75, 3.05) is 18.5 Å². The van der Waals surface area contributed by atoms with Crippen molar-refractivity contribution in [2.24, 2.45) is 5.92 Å². The van der Waals surface area contributed by atoms with E-state index in [-0.39, 0.29) is 5.41 Å². The summed E-state index contributed by atoms with van der Waals surface area (Å²) in [6.45, 7) is 5.31. The van der Waals surface area contributed by atoms with Crippen LogP contribution in [-0.2, 0) is 10.2 Å². The minimum Gasteiger partial charge on any atom is -0.311 e. The normalized spacial score (nSPS) is 32.1. The van der Waals surface area contributed by atoms with Crippen molar-refractivity contribution in [3.63, 3.8) is 0 Å². The van der Waals surface area contributed by atoms with E-state index in [0.717, 1.165) is 18.7 Å². The van der Waals surface area contributed by atoms with Crippen molar-refractivity contribution >= 4 is 11.6 Å². The summed E-state index contributed by atoms with van der Waals surface area (Å²) in [5.41, 5.74) is 2.52. The Morgan fingerprint density at radius 1 is 1.17 bits per heavy atom. The van der Waals surface area contributed by atoms with E-state index < -0.39 is 0 Å². The highest BCUT2D eigenvalue weighted by molar-refractivity contribution is 5.96. The zero-order chi connectivity index (χ0) is 16.2. The molecular formula is C20H28N2O. The van der Waals surface area contributed by atoms with E-state index in [1.54, 1.807) is 0 Å². The quantitative estimate of drug-likeness (QED) is 0.833. The third kappa shape index (κ3) is 2.50. The zero-order valence-electron chi connectivity index (χ0n) is 14.6. The molecule has 0 aliphatic carbocycles. The average molecular weight is 312 g/mol. The summed E-state index contributed by atoms with van der Waals surface area (Å²) in [6, 6.07) is 9.86. The van der Waals surface area contributed by atoms with Gasteiger partial charge in [0.1, 0.15) is 0 Å². The van der Waals surface area contributed by atoms with Crippen molar-refractivity contribution in [1.82, 2.24) is 4.90 Å². The first-order valence-electron chi connectivity index (χ1n) is 9.07. The second-order valence-electron chi connectivity index (χ2n) is 8.47. The molecule has 3 aliphatic rings. The van der Waals surface area contributed by atoms with Gasteiger partial charge in [-0.1, -0.05) is 32.0 Å². The molecule has 0 radical (unpaired) electrons. The van der Waals surface area contributed by atoms with Crippen LogP contribution < -0.4 is 4.90 Å². The van der Waals surface area contributed by atoms with E-state index in [9.17, 15) is 4.79 Å². The van der Waals surface area contributed by atoms with E-state index in [1.165, 1.54) is 31.2 Å². The third-order valence-corrected chi connectivity index (χ3v) is 6.44. The van der Waals surface area contributed by atoms with Gasteiger partial charge in [-0.3, -0.25) is 4.79 Å². The van der Waals surface area contributed by atoms with Gasteiger partial charge in [0, 0.05) is 36.2 Å². The summed E-state index contributed by atoms with van der Waals surface area (Å²) in [5.74, 6) is 0.907. The number of para-hydroxylation sites is 1. The first-order valence-corrected chi connectivity index (χ1v) is 9.07. The first kappa shape index (κ1) is 15.2. The van der Waals surface area contributed by atoms with Crippen LogP contribution in [0.4, 0.5) is 5.69 Å². The molecule has 4 rings (SSSR count). The van der Waals surface area contributed by atoms with Gasteiger partial charge in [0.05, 0.1) is 0 Å². The lowest BCUT2D eigenvalue weighted by Crippen LogP contribution is -2.42. The maximum atomic E-state index is 13.0. The second-order valence-corrected chi connectivity index (χ2v) is 8.47. The van der Waals surface area contributed by atoms with Crippen LogP contribution in [0.3, 0.4) is 0 Å². The SMILES string of the molecule is CN1[C@@H]2CC[C@H]1CC(CC(=O)N1CC(C)(C)c3ccccc31)C2. The Kier molecular flexibility index (Phi) is 3.53. The standard InChI is InChI=1S/C20H28N2O/c1-20(2)13-22(18-7-5-4-6-17(18)20)19(23)12-14-10-15-8-9-16(11-14)21(15)3/h4-7,14-16H,8-13H2,1-3H3/t14?,15-,16+. The van der Waals surface area contributed by atoms with Crippen LogP contribution in [0.5, 0.6) is 0 Å². The van der Waals surface area contributed by atoms with Crippen LogP contribution in [0, 0.1) is 5.92 Å². The molecule has 2 bridgehead atoms. The number of carbonyl (C=O) groups excluding carboxylic acids is 1. The summed E-state index contributed by atoms with van der Waals surface area (Å²) in [4.78, 5) is 17.6. The van der Waals surface area contributed by atoms with Crippen LogP contribution in [0.25, 0.3) is 0 Å². The number of fused-ring (bicyclic) bond motifs is 3. The fourth-order valence-corrected chi connectivity index (χ4v) is 5.12. The molecule has 1 unspecified atom stereocenters. The Hall–Kier alpha value is -1.35. The monoisotopic (exact) mass is 312 g/mol. The van der Waals surface area contributed by atoms with E-state index in [1.807, 2.05) is 0 Å². The number of hydrogen-bond acceptors (Lipinski definition) is 2. The number of rotatable bonds is 2. The number of carbonyl (C=O) groups is 1. The zero-order valence-corrected chi connectivity index (χ0v) is 14.6. The van der Waals surface area contributed by atoms with Gasteiger partial charge < -0.3 is 9.80 Å². The van der Waals surface area contributed by atoms with Crippen LogP contribution in [0.15, 0.2) is 24.3 Å². The molecule has 2 saturated heterocycles. The van der Waals surface area contributed by atoms with Crippen LogP contribution in [-0.4, -0.2) is 36.5 Å². The summed E-state index contributed by atoms with van der Waals surface area (Å²) in [6.07, 6.45) is 5.79. The molecule has 0 aromatic heterocycles. The van der Waals surface area contributed by atoms with E-state index in [0.29, 0.717) is 23.9 Å². The van der Waals surface area contributed by atoms with Crippen LogP contribution in [0.1, 0.15) is 51.5 Å². The molecule has 1 aromatic rings. The molecular weight excluding hydrogens is 284 g/mol. The number of piperidine rings is 1. The second kappa shape index (κ2) is 5.34. The first-order chi connectivity index (χ1) is 11.0. The Bertz CT molecular complexity index is 610. The van der Waals surface area contributed by atoms with Gasteiger partial charge in [0.2, 0.25) is 5.91 Å². The Balaban J connectivity index is 1.49. The predicted molar refractivity (Wildman–Crippen MR) is 93.7 cm³/mol. The highest BCUT2D eigenvalue weighted by Gasteiger charge is 2.41. The fraction of sp³-hybridized carbons (Fsp3) is 0.650. The molecule has 124 valence electrons. The molecule has 0 N–H and O–H groups in total. The highest BCUT2D eigenvalue weighted by atomic mass is 16.2. The van der Waals surface area contributed by atoms with E-state index in [2.05, 4.69) is 55.0 Å². The van der Waals surface area contributed by atoms with Crippen molar-refractivity contribution < 1.29 is 4.79 Å². The number of hydrogen-bond donors (Lipinski definition) is 0. The lowest BCUT2D eigenvalue weighted by molar-refractivity contribution is -0.120. The largest absolute Gasteiger partial charge is 0.311 e. The molecule has 3 nitrogen and oxygen atoms in total. The Morgan fingerprint density at radius 3 is 2.52 bits per heavy atom. The Morgan fingerprint density at radius 2 is 1.83 bits per heavy atom. The van der Waals surface area contributed by atoms with Crippen LogP contribution in [0.2, 0.25) is 0 Å². The third-order valence-electron chi connectivity index (χ3n) is 6.44. The van der Waals surface area contributed by atoms with Crippen molar-refractivity contribution in [2.45, 2.75) is 63.5 Å². The van der Waals surface area contributed by atoms with Gasteiger partial charge in [-0.2, -0.15) is 0 Å². The summed E-state index contributed by atoms with van der Waals surface area (Å²) < 4.78 is 0. The number of nitrogens with zero attached hydrogens (tertiary/aromatic N) is 2. The molecule has 23 heavy (non-hydrogen) atoms. The van der Waals surface area contributed by atoms with E-state index >= 15 is 0 Å². The van der Waals surface area contributed by atoms with Gasteiger partial charge in [-0.25, -0.2) is 0 Å². The van der Waals surface area contributed by atoms with Crippen molar-refractivity contribution in [1.29, 1.82) is 0 Å². The topological polar surface area (TPSA) is 23.6 Å². The molecule has 3 heteroatoms. The smallest absolute Gasteiger partial charge is 0.227 e. The molecule has 3 atom stereocenters. The Labute approximate surface area is 139 Å². The van der Waals surface area contributed by atoms with Gasteiger partial charge >= 0.3 is 0 Å². The maximum Gasteiger partial charge on any atom is 0.227 e. The van der Waals surface area contributed by atoms with Gasteiger partial charge in [-0.15, -0.1) is 0 Å². The summed E-state index contributed by atoms with van der Waals surface area (Å²) in [7, 11) is 2.26. The molecule has 0 saturated carbocycles. The average Bonchev–Trinajstić information content (AvgIpc) is 2.89. The minimum absolute atomic E-state index is 0.0675. The maximum absolute atomic E-state index is 13.0. The fourth-order valence-electron chi connectivity index (χ4n) is 5.12. The summed E-state index contributed by atoms with van der Waals surface area (Å²) in [5, 5.41) is 0. The molecule has 2 fully saturated rings. The number of amides is 1. The molecule has 0 spiro atoms. The minimum atomic E-state index is 0.0675. The summed E-state index contributed by atoms with van der Waals surface area (Å²) >= 11 is 0. The van der Waals surface area contributed by atoms with E-state index in [4.69, 9.17) is 0 Å². The van der Waals surface area contributed by atoms with Crippen molar-refractivity contribution in [3.05, 3.63) is 29.8 Å². The molecule has 1 aromatic carbocycles. The van der Waals surface area contributed by atoms with Gasteiger partial charge in [0.15, 0.2) is 0 Å². The molecule has 3 aliphatic heterocycles. The van der Waals surface area contributed by atoms with Crippen molar-refractivity contribution in [3.8, 4) is 0 Å². The lowest BCUT2D eigenvalue weighted by Gasteiger charge is -2.36. The molecule has 3 heterocycles. The predicted octanol–water partition coefficient (Wildman–Crippen LogP) is 3.57. The highest BCUT2D eigenvalue weighted by Crippen LogP contribution is 2.42.